The lowest BCUT2D eigenvalue weighted by Gasteiger charge is -2.41. The summed E-state index contributed by atoms with van der Waals surface area (Å²) in [5, 5.41) is 34.5. The van der Waals surface area contributed by atoms with Gasteiger partial charge in [-0.05, 0) is 47.9 Å². The summed E-state index contributed by atoms with van der Waals surface area (Å²) in [6.45, 7) is 1.77. The maximum absolute atomic E-state index is 13.8. The highest BCUT2D eigenvalue weighted by Gasteiger charge is 2.51. The number of ether oxygens (including phenoxy) is 2. The Hall–Kier alpha value is -2.82. The Bertz CT molecular complexity index is 1340. The van der Waals surface area contributed by atoms with E-state index in [9.17, 15) is 24.9 Å². The van der Waals surface area contributed by atoms with E-state index < -0.39 is 30.1 Å². The zero-order valence-corrected chi connectivity index (χ0v) is 26.0. The maximum Gasteiger partial charge on any atom is 0.247 e. The van der Waals surface area contributed by atoms with Gasteiger partial charge in [-0.15, -0.1) is 0 Å². The number of hydrogen-bond donors (Lipinski definition) is 4. The van der Waals surface area contributed by atoms with Gasteiger partial charge in [0.15, 0.2) is 11.5 Å². The summed E-state index contributed by atoms with van der Waals surface area (Å²) in [5.74, 6) is -0.588. The summed E-state index contributed by atoms with van der Waals surface area (Å²) < 4.78 is 11.8. The number of carbonyl (C=O) groups excluding carboxylic acids is 2. The second-order valence-electron chi connectivity index (χ2n) is 11.0. The van der Waals surface area contributed by atoms with Gasteiger partial charge in [-0.25, -0.2) is 0 Å². The molecule has 0 unspecified atom stereocenters. The van der Waals surface area contributed by atoms with Crippen LogP contribution in [0.2, 0.25) is 10.0 Å². The molecule has 1 aliphatic carbocycles. The molecule has 0 fully saturated rings. The van der Waals surface area contributed by atoms with Crippen LogP contribution in [0.5, 0.6) is 11.5 Å². The number of nitrogens with zero attached hydrogens (tertiary/aromatic N) is 1. The monoisotopic (exact) mass is 634 g/mol. The SMILES string of the molecule is CCCCCCCC(=O)N(Cc1ccc(Cl)c(Cl)c1)[C@@H]1C=C(C(=O)NCCO)[C@@H]2c3cc(CO)cc(OC)c3O[C@@H]2[C@H]1O. The third-order valence-electron chi connectivity index (χ3n) is 8.01. The molecule has 2 aromatic carbocycles. The van der Waals surface area contributed by atoms with Crippen LogP contribution in [0.25, 0.3) is 0 Å². The predicted octanol–water partition coefficient (Wildman–Crippen LogP) is 4.51. The van der Waals surface area contributed by atoms with Crippen LogP contribution >= 0.6 is 23.2 Å². The molecule has 0 aromatic heterocycles. The number of aliphatic hydroxyl groups is 3. The molecule has 4 N–H and O–H groups in total. The molecule has 4 atom stereocenters. The number of benzene rings is 2. The Morgan fingerprint density at radius 1 is 1.05 bits per heavy atom. The van der Waals surface area contributed by atoms with Gasteiger partial charge in [0.25, 0.3) is 0 Å². The quantitative estimate of drug-likeness (QED) is 0.225. The zero-order valence-electron chi connectivity index (χ0n) is 24.5. The first-order valence-corrected chi connectivity index (χ1v) is 15.5. The lowest BCUT2D eigenvalue weighted by atomic mass is 9.77. The molecule has 1 heterocycles. The molecule has 43 heavy (non-hydrogen) atoms. The Labute approximate surface area is 262 Å². The third kappa shape index (κ3) is 7.46. The second kappa shape index (κ2) is 15.3. The molecule has 0 radical (unpaired) electrons. The average molecular weight is 636 g/mol. The van der Waals surface area contributed by atoms with Crippen molar-refractivity contribution in [2.45, 2.75) is 82.8 Å². The molecule has 0 bridgehead atoms. The molecule has 0 saturated carbocycles. The molecule has 1 aliphatic heterocycles. The van der Waals surface area contributed by atoms with Gasteiger partial charge >= 0.3 is 0 Å². The van der Waals surface area contributed by atoms with Crippen LogP contribution in [0.4, 0.5) is 0 Å². The standard InChI is InChI=1S/C32H40Cl2N2O7/c1-3-4-5-6-7-8-27(39)36(17-19-9-10-23(33)24(34)14-19)25-16-22(32(41)35-11-12-37)28-21-13-20(18-38)15-26(42-2)30(21)43-31(28)29(25)40/h9-10,13-16,25,28-29,31,37-38,40H,3-8,11-12,17-18H2,1-2H3,(H,35,41)/t25-,28+,29+,31+/m1/s1. The fraction of sp³-hybridized carbons (Fsp3) is 0.500. The molecule has 0 spiro atoms. The molecule has 9 nitrogen and oxygen atoms in total. The van der Waals surface area contributed by atoms with Gasteiger partial charge in [-0.1, -0.05) is 61.9 Å². The van der Waals surface area contributed by atoms with E-state index in [1.807, 2.05) is 0 Å². The highest BCUT2D eigenvalue weighted by atomic mass is 35.5. The van der Waals surface area contributed by atoms with Crippen LogP contribution in [-0.2, 0) is 22.7 Å². The van der Waals surface area contributed by atoms with E-state index in [2.05, 4.69) is 12.2 Å². The Morgan fingerprint density at radius 2 is 1.81 bits per heavy atom. The van der Waals surface area contributed by atoms with Crippen molar-refractivity contribution in [2.75, 3.05) is 20.3 Å². The van der Waals surface area contributed by atoms with E-state index in [0.717, 1.165) is 25.7 Å². The number of fused-ring (bicyclic) bond motifs is 3. The summed E-state index contributed by atoms with van der Waals surface area (Å²) in [4.78, 5) is 28.9. The molecule has 0 saturated heterocycles. The van der Waals surface area contributed by atoms with Crippen molar-refractivity contribution >= 4 is 35.0 Å². The molecule has 11 heteroatoms. The van der Waals surface area contributed by atoms with Gasteiger partial charge < -0.3 is 35.0 Å². The minimum absolute atomic E-state index is 0.0260. The topological polar surface area (TPSA) is 129 Å². The summed E-state index contributed by atoms with van der Waals surface area (Å²) in [5.41, 5.74) is 2.16. The van der Waals surface area contributed by atoms with Crippen molar-refractivity contribution in [3.05, 3.63) is 68.7 Å². The van der Waals surface area contributed by atoms with E-state index in [1.54, 1.807) is 41.3 Å². The van der Waals surface area contributed by atoms with Crippen molar-refractivity contribution < 1.29 is 34.4 Å². The fourth-order valence-electron chi connectivity index (χ4n) is 5.84. The number of halogens is 2. The first kappa shape index (κ1) is 33.1. The average Bonchev–Trinajstić information content (AvgIpc) is 3.40. The third-order valence-corrected chi connectivity index (χ3v) is 8.75. The van der Waals surface area contributed by atoms with E-state index >= 15 is 0 Å². The molecule has 2 aromatic rings. The van der Waals surface area contributed by atoms with Crippen LogP contribution < -0.4 is 14.8 Å². The van der Waals surface area contributed by atoms with Gasteiger partial charge in [0.05, 0.1) is 42.3 Å². The van der Waals surface area contributed by atoms with Gasteiger partial charge in [-0.2, -0.15) is 0 Å². The van der Waals surface area contributed by atoms with Crippen LogP contribution in [0.15, 0.2) is 42.0 Å². The smallest absolute Gasteiger partial charge is 0.247 e. The van der Waals surface area contributed by atoms with Gasteiger partial charge in [-0.3, -0.25) is 9.59 Å². The molecule has 2 aliphatic rings. The van der Waals surface area contributed by atoms with Crippen molar-refractivity contribution in [1.82, 2.24) is 10.2 Å². The normalized spacial score (nSPS) is 20.5. The molecule has 4 rings (SSSR count). The molecule has 234 valence electrons. The largest absolute Gasteiger partial charge is 0.493 e. The van der Waals surface area contributed by atoms with Gasteiger partial charge in [0, 0.05) is 30.6 Å². The predicted molar refractivity (Wildman–Crippen MR) is 164 cm³/mol. The van der Waals surface area contributed by atoms with Crippen molar-refractivity contribution in [3.8, 4) is 11.5 Å². The summed E-state index contributed by atoms with van der Waals surface area (Å²) in [6, 6.07) is 7.59. The number of unbranched alkanes of at least 4 members (excludes halogenated alkanes) is 4. The van der Waals surface area contributed by atoms with E-state index in [1.165, 1.54) is 7.11 Å². The van der Waals surface area contributed by atoms with Crippen LogP contribution in [0.3, 0.4) is 0 Å². The molecule has 2 amide bonds. The number of rotatable bonds is 14. The number of hydrogen-bond acceptors (Lipinski definition) is 7. The lowest BCUT2D eigenvalue weighted by molar-refractivity contribution is -0.138. The van der Waals surface area contributed by atoms with Crippen LogP contribution in [-0.4, -0.2) is 70.5 Å². The van der Waals surface area contributed by atoms with E-state index in [4.69, 9.17) is 32.7 Å². The minimum Gasteiger partial charge on any atom is -0.493 e. The van der Waals surface area contributed by atoms with E-state index in [0.29, 0.717) is 50.2 Å². The number of methoxy groups -OCH3 is 1. The first-order chi connectivity index (χ1) is 20.7. The maximum atomic E-state index is 13.8. The molecular weight excluding hydrogens is 595 g/mol. The van der Waals surface area contributed by atoms with Crippen LogP contribution in [0.1, 0.15) is 68.1 Å². The summed E-state index contributed by atoms with van der Waals surface area (Å²) in [6.07, 6.45) is 4.60. The van der Waals surface area contributed by atoms with Gasteiger partial charge in [0.2, 0.25) is 11.8 Å². The Kier molecular flexibility index (Phi) is 11.7. The van der Waals surface area contributed by atoms with Crippen molar-refractivity contribution in [1.29, 1.82) is 0 Å². The first-order valence-electron chi connectivity index (χ1n) is 14.7. The zero-order chi connectivity index (χ0) is 31.1. The minimum atomic E-state index is -1.21. The van der Waals surface area contributed by atoms with Gasteiger partial charge in [0.1, 0.15) is 12.2 Å². The lowest BCUT2D eigenvalue weighted by Crippen LogP contribution is -2.55. The highest BCUT2D eigenvalue weighted by molar-refractivity contribution is 6.42. The number of nitrogens with one attached hydrogen (secondary N) is 1. The fourth-order valence-corrected chi connectivity index (χ4v) is 6.16. The highest BCUT2D eigenvalue weighted by Crippen LogP contribution is 2.51. The van der Waals surface area contributed by atoms with E-state index in [-0.39, 0.29) is 38.6 Å². The second-order valence-corrected chi connectivity index (χ2v) is 11.8. The van der Waals surface area contributed by atoms with Crippen molar-refractivity contribution in [2.24, 2.45) is 0 Å². The number of amides is 2. The van der Waals surface area contributed by atoms with Crippen molar-refractivity contribution in [3.63, 3.8) is 0 Å². The number of carbonyl (C=O) groups is 2. The van der Waals surface area contributed by atoms with Crippen LogP contribution in [0, 0.1) is 0 Å². The Balaban J connectivity index is 1.76. The molecular formula is C32H40Cl2N2O7. The summed E-state index contributed by atoms with van der Waals surface area (Å²) in [7, 11) is 1.48. The number of aliphatic hydroxyl groups excluding tert-OH is 3. The Morgan fingerprint density at radius 3 is 2.49 bits per heavy atom. The summed E-state index contributed by atoms with van der Waals surface area (Å²) >= 11 is 12.4.